The lowest BCUT2D eigenvalue weighted by atomic mass is 10.1. The van der Waals surface area contributed by atoms with Gasteiger partial charge in [0.1, 0.15) is 0 Å². The van der Waals surface area contributed by atoms with Gasteiger partial charge in [-0.1, -0.05) is 24.3 Å². The maximum Gasteiger partial charge on any atom is 0.191 e. The number of benzene rings is 1. The van der Waals surface area contributed by atoms with E-state index in [1.165, 1.54) is 11.1 Å². The highest BCUT2D eigenvalue weighted by Gasteiger charge is 2.15. The fourth-order valence-corrected chi connectivity index (χ4v) is 2.96. The highest BCUT2D eigenvalue weighted by atomic mass is 16.5. The molecule has 1 atom stereocenters. The lowest BCUT2D eigenvalue weighted by molar-refractivity contribution is 0.0888. The third-order valence-electron chi connectivity index (χ3n) is 4.31. The first-order valence-corrected chi connectivity index (χ1v) is 9.50. The molecule has 1 heterocycles. The quantitative estimate of drug-likeness (QED) is 0.378. The van der Waals surface area contributed by atoms with Crippen LogP contribution in [0.3, 0.4) is 0 Å². The lowest BCUT2D eigenvalue weighted by Gasteiger charge is -2.14. The van der Waals surface area contributed by atoms with Crippen LogP contribution in [0.4, 0.5) is 0 Å². The monoisotopic (exact) mass is 362 g/mol. The summed E-state index contributed by atoms with van der Waals surface area (Å²) in [4.78, 5) is 6.46. The van der Waals surface area contributed by atoms with Crippen molar-refractivity contribution < 1.29 is 9.47 Å². The molecule has 1 aliphatic heterocycles. The van der Waals surface area contributed by atoms with Crippen LogP contribution in [0, 0.1) is 5.92 Å². The van der Waals surface area contributed by atoms with Gasteiger partial charge in [-0.25, -0.2) is 0 Å². The van der Waals surface area contributed by atoms with Crippen LogP contribution in [0.2, 0.25) is 0 Å². The average molecular weight is 363 g/mol. The van der Waals surface area contributed by atoms with Crippen molar-refractivity contribution in [2.75, 3.05) is 54.1 Å². The van der Waals surface area contributed by atoms with Gasteiger partial charge in [-0.15, -0.1) is 0 Å². The Morgan fingerprint density at radius 1 is 1.31 bits per heavy atom. The molecule has 1 saturated heterocycles. The molecule has 0 spiro atoms. The third-order valence-corrected chi connectivity index (χ3v) is 4.31. The summed E-state index contributed by atoms with van der Waals surface area (Å²) in [5, 5.41) is 6.71. The zero-order valence-corrected chi connectivity index (χ0v) is 16.5. The maximum atomic E-state index is 5.72. The molecule has 0 saturated carbocycles. The van der Waals surface area contributed by atoms with E-state index >= 15 is 0 Å². The summed E-state index contributed by atoms with van der Waals surface area (Å²) in [5.74, 6) is 1.41. The van der Waals surface area contributed by atoms with Crippen molar-refractivity contribution in [1.82, 2.24) is 15.5 Å². The summed E-state index contributed by atoms with van der Waals surface area (Å²) >= 11 is 0. The third kappa shape index (κ3) is 8.17. The number of nitrogens with one attached hydrogen (secondary N) is 2. The molecule has 26 heavy (non-hydrogen) atoms. The van der Waals surface area contributed by atoms with E-state index in [4.69, 9.17) is 9.47 Å². The number of nitrogens with zero attached hydrogens (tertiary/aromatic N) is 2. The topological polar surface area (TPSA) is 58.1 Å². The van der Waals surface area contributed by atoms with Crippen LogP contribution in [0.25, 0.3) is 0 Å². The number of rotatable bonds is 10. The average Bonchev–Trinajstić information content (AvgIpc) is 3.13. The Morgan fingerprint density at radius 3 is 2.88 bits per heavy atom. The molecule has 0 bridgehead atoms. The van der Waals surface area contributed by atoms with Gasteiger partial charge < -0.3 is 25.0 Å². The predicted octanol–water partition coefficient (Wildman–Crippen LogP) is 1.86. The Balaban J connectivity index is 1.60. The van der Waals surface area contributed by atoms with Gasteiger partial charge in [0.05, 0.1) is 13.2 Å². The van der Waals surface area contributed by atoms with Gasteiger partial charge in [-0.05, 0) is 38.1 Å². The van der Waals surface area contributed by atoms with E-state index in [0.29, 0.717) is 5.92 Å². The molecule has 2 rings (SSSR count). The zero-order chi connectivity index (χ0) is 18.6. The first-order chi connectivity index (χ1) is 12.7. The molecule has 1 fully saturated rings. The maximum absolute atomic E-state index is 5.72. The van der Waals surface area contributed by atoms with Crippen LogP contribution < -0.4 is 10.6 Å². The van der Waals surface area contributed by atoms with Gasteiger partial charge in [-0.2, -0.15) is 0 Å². The standard InChI is InChI=1S/C20H34N4O2/c1-21-20(22-9-5-10-25-15-19-8-11-26-16-19)23-13-17-6-4-7-18(12-17)14-24(2)3/h4,6-7,12,19H,5,8-11,13-16H2,1-3H3,(H2,21,22,23). The van der Waals surface area contributed by atoms with Crippen molar-refractivity contribution in [3.8, 4) is 0 Å². The van der Waals surface area contributed by atoms with Gasteiger partial charge in [-0.3, -0.25) is 4.99 Å². The second-order valence-corrected chi connectivity index (χ2v) is 7.07. The largest absolute Gasteiger partial charge is 0.381 e. The molecule has 146 valence electrons. The van der Waals surface area contributed by atoms with E-state index in [-0.39, 0.29) is 0 Å². The van der Waals surface area contributed by atoms with Crippen molar-refractivity contribution in [3.05, 3.63) is 35.4 Å². The van der Waals surface area contributed by atoms with Crippen molar-refractivity contribution >= 4 is 5.96 Å². The highest BCUT2D eigenvalue weighted by Crippen LogP contribution is 2.12. The van der Waals surface area contributed by atoms with Crippen LogP contribution in [-0.2, 0) is 22.6 Å². The zero-order valence-electron chi connectivity index (χ0n) is 16.5. The Morgan fingerprint density at radius 2 is 2.15 bits per heavy atom. The van der Waals surface area contributed by atoms with Crippen LogP contribution in [0.1, 0.15) is 24.0 Å². The van der Waals surface area contributed by atoms with Crippen LogP contribution >= 0.6 is 0 Å². The molecule has 1 unspecified atom stereocenters. The fraction of sp³-hybridized carbons (Fsp3) is 0.650. The second kappa shape index (κ2) is 11.9. The van der Waals surface area contributed by atoms with Gasteiger partial charge >= 0.3 is 0 Å². The lowest BCUT2D eigenvalue weighted by Crippen LogP contribution is -2.37. The van der Waals surface area contributed by atoms with E-state index in [1.807, 2.05) is 0 Å². The minimum absolute atomic E-state index is 0.584. The van der Waals surface area contributed by atoms with E-state index in [9.17, 15) is 0 Å². The Kier molecular flexibility index (Phi) is 9.45. The molecule has 6 heteroatoms. The number of aliphatic imine (C=N–C) groups is 1. The molecule has 6 nitrogen and oxygen atoms in total. The Bertz CT molecular complexity index is 542. The van der Waals surface area contributed by atoms with Gasteiger partial charge in [0, 0.05) is 45.8 Å². The van der Waals surface area contributed by atoms with Gasteiger partial charge in [0.25, 0.3) is 0 Å². The molecule has 1 aliphatic rings. The molecule has 1 aromatic rings. The number of hydrogen-bond donors (Lipinski definition) is 2. The number of ether oxygens (including phenoxy) is 2. The van der Waals surface area contributed by atoms with Crippen molar-refractivity contribution in [2.45, 2.75) is 25.9 Å². The summed E-state index contributed by atoms with van der Waals surface area (Å²) in [5.41, 5.74) is 2.58. The number of hydrogen-bond acceptors (Lipinski definition) is 4. The molecule has 0 radical (unpaired) electrons. The molecular weight excluding hydrogens is 328 g/mol. The first kappa shape index (κ1) is 20.7. The van der Waals surface area contributed by atoms with E-state index in [2.05, 4.69) is 58.9 Å². The minimum atomic E-state index is 0.584. The van der Waals surface area contributed by atoms with Crippen LogP contribution in [0.5, 0.6) is 0 Å². The second-order valence-electron chi connectivity index (χ2n) is 7.07. The molecule has 2 N–H and O–H groups in total. The molecule has 0 aliphatic carbocycles. The highest BCUT2D eigenvalue weighted by molar-refractivity contribution is 5.79. The van der Waals surface area contributed by atoms with Gasteiger partial charge in [0.2, 0.25) is 0 Å². The van der Waals surface area contributed by atoms with Crippen LogP contribution in [0.15, 0.2) is 29.3 Å². The summed E-state index contributed by atoms with van der Waals surface area (Å²) in [6, 6.07) is 8.65. The Hall–Kier alpha value is -1.63. The SMILES string of the molecule is CN=C(NCCCOCC1CCOC1)NCc1cccc(CN(C)C)c1. The molecular formula is C20H34N4O2. The Labute approximate surface area is 158 Å². The van der Waals surface area contributed by atoms with Crippen molar-refractivity contribution in [3.63, 3.8) is 0 Å². The van der Waals surface area contributed by atoms with Crippen molar-refractivity contribution in [2.24, 2.45) is 10.9 Å². The molecule has 0 amide bonds. The normalized spacial score (nSPS) is 17.7. The summed E-state index contributed by atoms with van der Waals surface area (Å²) in [6.45, 7) is 5.89. The summed E-state index contributed by atoms with van der Waals surface area (Å²) in [6.07, 6.45) is 2.09. The van der Waals surface area contributed by atoms with Crippen molar-refractivity contribution in [1.29, 1.82) is 0 Å². The molecule has 0 aromatic heterocycles. The minimum Gasteiger partial charge on any atom is -0.381 e. The smallest absolute Gasteiger partial charge is 0.191 e. The van der Waals surface area contributed by atoms with E-state index < -0.39 is 0 Å². The fourth-order valence-electron chi connectivity index (χ4n) is 2.96. The van der Waals surface area contributed by atoms with Gasteiger partial charge in [0.15, 0.2) is 5.96 Å². The van der Waals surface area contributed by atoms with Crippen LogP contribution in [-0.4, -0.2) is 65.0 Å². The summed E-state index contributed by atoms with van der Waals surface area (Å²) < 4.78 is 11.1. The predicted molar refractivity (Wildman–Crippen MR) is 106 cm³/mol. The van der Waals surface area contributed by atoms with E-state index in [1.54, 1.807) is 7.05 Å². The van der Waals surface area contributed by atoms with E-state index in [0.717, 1.165) is 64.9 Å². The first-order valence-electron chi connectivity index (χ1n) is 9.50. The molecule has 1 aromatic carbocycles. The number of guanidine groups is 1. The summed E-state index contributed by atoms with van der Waals surface area (Å²) in [7, 11) is 5.97.